The van der Waals surface area contributed by atoms with E-state index in [9.17, 15) is 14.7 Å². The van der Waals surface area contributed by atoms with Crippen LogP contribution < -0.4 is 5.32 Å². The molecule has 1 aromatic heterocycles. The van der Waals surface area contributed by atoms with Crippen molar-refractivity contribution >= 4 is 11.9 Å². The summed E-state index contributed by atoms with van der Waals surface area (Å²) >= 11 is 0. The molecule has 0 aromatic carbocycles. The molecule has 4 saturated carbocycles. The lowest BCUT2D eigenvalue weighted by atomic mass is 9.61. The van der Waals surface area contributed by atoms with E-state index in [1.54, 1.807) is 12.5 Å². The van der Waals surface area contributed by atoms with E-state index in [0.717, 1.165) is 42.2 Å². The predicted molar refractivity (Wildman–Crippen MR) is 140 cm³/mol. The van der Waals surface area contributed by atoms with Crippen LogP contribution in [0.4, 0.5) is 0 Å². The molecule has 200 valence electrons. The molecule has 0 aliphatic heterocycles. The number of rotatable bonds is 9. The standard InChI is InChI=1S/C30H47N3O3/c34-29(33-28(30(35)36)17-25-18-31-19-32-25)24(15-22-11-5-9-20-7-1-3-13-26(20)22)16-23-12-6-10-21-8-2-4-14-27(21)23/h18-24,26-28H,1-17H2,(H,31,32)(H,33,34)(H,35,36)/t20?,21?,22?,23?,24?,26?,27?,28-/m0/s1. The Kier molecular flexibility index (Phi) is 8.69. The monoisotopic (exact) mass is 497 g/mol. The maximum atomic E-state index is 13.9. The summed E-state index contributed by atoms with van der Waals surface area (Å²) in [5, 5.41) is 12.9. The largest absolute Gasteiger partial charge is 0.480 e. The number of aromatic amines is 1. The average Bonchev–Trinajstić information content (AvgIpc) is 3.41. The number of nitrogens with one attached hydrogen (secondary N) is 2. The minimum atomic E-state index is -0.966. The van der Waals surface area contributed by atoms with E-state index in [1.165, 1.54) is 89.9 Å². The molecule has 1 amide bonds. The highest BCUT2D eigenvalue weighted by atomic mass is 16.4. The van der Waals surface area contributed by atoms with Gasteiger partial charge in [-0.3, -0.25) is 4.79 Å². The Morgan fingerprint density at radius 1 is 0.861 bits per heavy atom. The molecule has 1 heterocycles. The fourth-order valence-corrected chi connectivity index (χ4v) is 8.88. The van der Waals surface area contributed by atoms with Crippen molar-refractivity contribution in [2.75, 3.05) is 0 Å². The predicted octanol–water partition coefficient (Wildman–Crippen LogP) is 6.13. The summed E-state index contributed by atoms with van der Waals surface area (Å²) in [5.74, 6) is 3.46. The Morgan fingerprint density at radius 3 is 1.94 bits per heavy atom. The molecule has 4 aliphatic carbocycles. The lowest BCUT2D eigenvalue weighted by Gasteiger charge is -2.45. The van der Waals surface area contributed by atoms with Crippen molar-refractivity contribution in [1.82, 2.24) is 15.3 Å². The number of carbonyl (C=O) groups is 2. The first-order valence-electron chi connectivity index (χ1n) is 15.1. The van der Waals surface area contributed by atoms with Gasteiger partial charge in [-0.05, 0) is 61.2 Å². The minimum absolute atomic E-state index is 0.0159. The van der Waals surface area contributed by atoms with Crippen molar-refractivity contribution in [1.29, 1.82) is 0 Å². The van der Waals surface area contributed by atoms with Crippen LogP contribution in [0.5, 0.6) is 0 Å². The number of imidazole rings is 1. The molecule has 7 atom stereocenters. The second kappa shape index (κ2) is 12.1. The van der Waals surface area contributed by atoms with Gasteiger partial charge < -0.3 is 15.4 Å². The number of aliphatic carboxylic acids is 1. The number of hydrogen-bond donors (Lipinski definition) is 3. The molecule has 6 heteroatoms. The molecule has 0 bridgehead atoms. The molecule has 1 aromatic rings. The number of carboxylic acids is 1. The van der Waals surface area contributed by atoms with Gasteiger partial charge in [0, 0.05) is 24.2 Å². The summed E-state index contributed by atoms with van der Waals surface area (Å²) in [6.07, 6.45) is 24.0. The molecule has 5 rings (SSSR count). The van der Waals surface area contributed by atoms with Gasteiger partial charge in [0.25, 0.3) is 0 Å². The zero-order valence-corrected chi connectivity index (χ0v) is 22.0. The van der Waals surface area contributed by atoms with Crippen LogP contribution in [0, 0.1) is 41.4 Å². The number of nitrogens with zero attached hydrogens (tertiary/aromatic N) is 1. The first-order valence-corrected chi connectivity index (χ1v) is 15.1. The lowest BCUT2D eigenvalue weighted by molar-refractivity contribution is -0.142. The van der Waals surface area contributed by atoms with Crippen LogP contribution in [0.1, 0.15) is 108 Å². The normalized spacial score (nSPS) is 34.1. The van der Waals surface area contributed by atoms with Gasteiger partial charge >= 0.3 is 5.97 Å². The summed E-state index contributed by atoms with van der Waals surface area (Å²) in [6.45, 7) is 0. The van der Waals surface area contributed by atoms with Gasteiger partial charge in [-0.1, -0.05) is 77.0 Å². The summed E-state index contributed by atoms with van der Waals surface area (Å²) in [5.41, 5.74) is 0.744. The van der Waals surface area contributed by atoms with Crippen LogP contribution in [0.25, 0.3) is 0 Å². The molecule has 0 spiro atoms. The molecule has 36 heavy (non-hydrogen) atoms. The van der Waals surface area contributed by atoms with Crippen molar-refractivity contribution < 1.29 is 14.7 Å². The summed E-state index contributed by atoms with van der Waals surface area (Å²) in [4.78, 5) is 33.0. The van der Waals surface area contributed by atoms with Gasteiger partial charge in [-0.25, -0.2) is 9.78 Å². The van der Waals surface area contributed by atoms with E-state index in [-0.39, 0.29) is 18.2 Å². The van der Waals surface area contributed by atoms with E-state index in [4.69, 9.17) is 0 Å². The highest BCUT2D eigenvalue weighted by Gasteiger charge is 2.41. The van der Waals surface area contributed by atoms with Crippen molar-refractivity contribution in [3.05, 3.63) is 18.2 Å². The molecule has 6 nitrogen and oxygen atoms in total. The third-order valence-electron chi connectivity index (χ3n) is 10.6. The minimum Gasteiger partial charge on any atom is -0.480 e. The van der Waals surface area contributed by atoms with Crippen LogP contribution in [0.3, 0.4) is 0 Å². The number of amides is 1. The Hall–Kier alpha value is -1.85. The molecule has 4 aliphatic rings. The van der Waals surface area contributed by atoms with Crippen LogP contribution in [0.2, 0.25) is 0 Å². The second-order valence-corrected chi connectivity index (χ2v) is 12.6. The fourth-order valence-electron chi connectivity index (χ4n) is 8.88. The Balaban J connectivity index is 1.31. The van der Waals surface area contributed by atoms with Crippen LogP contribution in [-0.4, -0.2) is 33.0 Å². The van der Waals surface area contributed by atoms with Crippen molar-refractivity contribution in [2.45, 2.75) is 115 Å². The molecular weight excluding hydrogens is 450 g/mol. The number of H-pyrrole nitrogens is 1. The quantitative estimate of drug-likeness (QED) is 0.382. The Morgan fingerprint density at radius 2 is 1.42 bits per heavy atom. The zero-order chi connectivity index (χ0) is 24.9. The van der Waals surface area contributed by atoms with Gasteiger partial charge in [0.1, 0.15) is 6.04 Å². The highest BCUT2D eigenvalue weighted by molar-refractivity contribution is 5.85. The van der Waals surface area contributed by atoms with E-state index < -0.39 is 12.0 Å². The Bertz CT molecular complexity index is 816. The fraction of sp³-hybridized carbons (Fsp3) is 0.833. The number of carboxylic acid groups (broad SMARTS) is 1. The van der Waals surface area contributed by atoms with Gasteiger partial charge in [-0.2, -0.15) is 0 Å². The first kappa shape index (κ1) is 25.8. The van der Waals surface area contributed by atoms with E-state index in [0.29, 0.717) is 11.8 Å². The average molecular weight is 498 g/mol. The summed E-state index contributed by atoms with van der Waals surface area (Å²) < 4.78 is 0. The molecular formula is C30H47N3O3. The molecule has 3 N–H and O–H groups in total. The molecule has 0 saturated heterocycles. The maximum Gasteiger partial charge on any atom is 0.326 e. The Labute approximate surface area is 216 Å². The summed E-state index contributed by atoms with van der Waals surface area (Å²) in [6, 6.07) is -0.914. The van der Waals surface area contributed by atoms with Gasteiger partial charge in [0.2, 0.25) is 5.91 Å². The van der Waals surface area contributed by atoms with Crippen molar-refractivity contribution in [3.63, 3.8) is 0 Å². The number of aromatic nitrogens is 2. The third-order valence-corrected chi connectivity index (χ3v) is 10.6. The maximum absolute atomic E-state index is 13.9. The van der Waals surface area contributed by atoms with E-state index >= 15 is 0 Å². The smallest absolute Gasteiger partial charge is 0.326 e. The zero-order valence-electron chi connectivity index (χ0n) is 22.0. The van der Waals surface area contributed by atoms with Gasteiger partial charge in [0.15, 0.2) is 0 Å². The number of fused-ring (bicyclic) bond motifs is 2. The molecule has 6 unspecified atom stereocenters. The number of carbonyl (C=O) groups excluding carboxylic acids is 1. The van der Waals surface area contributed by atoms with Gasteiger partial charge in [-0.15, -0.1) is 0 Å². The third kappa shape index (κ3) is 6.16. The van der Waals surface area contributed by atoms with Gasteiger partial charge in [0.05, 0.1) is 6.33 Å². The SMILES string of the molecule is O=C(N[C@@H](Cc1cnc[nH]1)C(=O)O)C(CC1CCCC2CCCCC21)CC1CCCC2CCCCC21. The summed E-state index contributed by atoms with van der Waals surface area (Å²) in [7, 11) is 0. The molecule has 0 radical (unpaired) electrons. The van der Waals surface area contributed by atoms with Crippen molar-refractivity contribution in [3.8, 4) is 0 Å². The van der Waals surface area contributed by atoms with Crippen LogP contribution in [0.15, 0.2) is 12.5 Å². The molecule has 4 fully saturated rings. The van der Waals surface area contributed by atoms with E-state index in [2.05, 4.69) is 15.3 Å². The van der Waals surface area contributed by atoms with E-state index in [1.807, 2.05) is 0 Å². The second-order valence-electron chi connectivity index (χ2n) is 12.6. The highest BCUT2D eigenvalue weighted by Crippen LogP contribution is 2.49. The lowest BCUT2D eigenvalue weighted by Crippen LogP contribution is -2.46. The van der Waals surface area contributed by atoms with Crippen LogP contribution >= 0.6 is 0 Å². The topological polar surface area (TPSA) is 95.1 Å². The van der Waals surface area contributed by atoms with Crippen molar-refractivity contribution in [2.24, 2.45) is 41.4 Å². The first-order chi connectivity index (χ1) is 17.6. The number of hydrogen-bond acceptors (Lipinski definition) is 3. The van der Waals surface area contributed by atoms with Crippen LogP contribution in [-0.2, 0) is 16.0 Å².